The molecule has 0 unspecified atom stereocenters. The Balaban J connectivity index is 1.74. The number of carbonyl (C=O) groups excluding carboxylic acids is 1. The fraction of sp³-hybridized carbons (Fsp3) is 0.350. The molecule has 0 radical (unpaired) electrons. The van der Waals surface area contributed by atoms with Crippen molar-refractivity contribution in [1.29, 1.82) is 0 Å². The van der Waals surface area contributed by atoms with E-state index in [0.29, 0.717) is 29.3 Å². The average Bonchev–Trinajstić information content (AvgIpc) is 3.30. The summed E-state index contributed by atoms with van der Waals surface area (Å²) in [4.78, 5) is 19.1. The Hall–Kier alpha value is -2.68. The van der Waals surface area contributed by atoms with Gasteiger partial charge >= 0.3 is 0 Å². The van der Waals surface area contributed by atoms with Crippen LogP contribution in [0, 0.1) is 5.82 Å². The molecule has 1 aliphatic rings. The second kappa shape index (κ2) is 7.98. The van der Waals surface area contributed by atoms with Crippen LogP contribution in [-0.2, 0) is 0 Å². The number of rotatable bonds is 5. The van der Waals surface area contributed by atoms with Crippen molar-refractivity contribution in [2.45, 2.75) is 30.5 Å². The number of carbonyl (C=O) groups is 1. The van der Waals surface area contributed by atoms with Gasteiger partial charge in [-0.2, -0.15) is 0 Å². The third-order valence-electron chi connectivity index (χ3n) is 4.98. The quantitative estimate of drug-likeness (QED) is 0.643. The van der Waals surface area contributed by atoms with Crippen LogP contribution in [0.2, 0.25) is 0 Å². The summed E-state index contributed by atoms with van der Waals surface area (Å²) in [6, 6.07) is 7.96. The zero-order valence-corrected chi connectivity index (χ0v) is 16.9. The monoisotopic (exact) mass is 417 g/mol. The van der Waals surface area contributed by atoms with Gasteiger partial charge in [-0.05, 0) is 49.1 Å². The molecule has 2 aromatic heterocycles. The van der Waals surface area contributed by atoms with E-state index < -0.39 is 6.17 Å². The highest BCUT2D eigenvalue weighted by atomic mass is 32.2. The number of amides is 1. The highest BCUT2D eigenvalue weighted by Crippen LogP contribution is 2.38. The molecular formula is C20H21F2N5OS. The number of alkyl halides is 1. The van der Waals surface area contributed by atoms with Crippen LogP contribution in [-0.4, -0.2) is 46.0 Å². The predicted octanol–water partition coefficient (Wildman–Crippen LogP) is 3.63. The first-order chi connectivity index (χ1) is 14.0. The minimum atomic E-state index is -1.05. The van der Waals surface area contributed by atoms with Crippen LogP contribution < -0.4 is 10.2 Å². The first-order valence-corrected chi connectivity index (χ1v) is 10.6. The van der Waals surface area contributed by atoms with Crippen molar-refractivity contribution in [2.75, 3.05) is 24.2 Å². The standard InChI is InChI=1S/C20H21F2N5OS/c1-3-23-20(28)17-10-24-18-4-5-19(25-27(17)18)26-11-14(22)9-16(26)12-6-13(21)8-15(7-12)29-2/h4-8,10,14,16H,3,9,11H2,1-2H3,(H,23,28)/t14-,16+/m0/s1. The summed E-state index contributed by atoms with van der Waals surface area (Å²) in [6.07, 6.45) is 2.54. The smallest absolute Gasteiger partial charge is 0.271 e. The van der Waals surface area contributed by atoms with E-state index in [2.05, 4.69) is 15.4 Å². The second-order valence-corrected chi connectivity index (χ2v) is 7.77. The minimum absolute atomic E-state index is 0.152. The maximum atomic E-state index is 14.4. The van der Waals surface area contributed by atoms with Crippen molar-refractivity contribution < 1.29 is 13.6 Å². The lowest BCUT2D eigenvalue weighted by atomic mass is 10.0. The van der Waals surface area contributed by atoms with Gasteiger partial charge in [-0.3, -0.25) is 4.79 Å². The Bertz CT molecular complexity index is 1060. The van der Waals surface area contributed by atoms with Gasteiger partial charge in [0.1, 0.15) is 17.8 Å². The van der Waals surface area contributed by atoms with Crippen LogP contribution in [0.1, 0.15) is 35.4 Å². The highest BCUT2D eigenvalue weighted by Gasteiger charge is 2.35. The number of nitrogens with one attached hydrogen (secondary N) is 1. The molecule has 1 fully saturated rings. The van der Waals surface area contributed by atoms with E-state index in [4.69, 9.17) is 0 Å². The lowest BCUT2D eigenvalue weighted by Crippen LogP contribution is -2.27. The summed E-state index contributed by atoms with van der Waals surface area (Å²) in [5.41, 5.74) is 1.55. The Morgan fingerprint density at radius 2 is 2.17 bits per heavy atom. The Labute approximate surface area is 171 Å². The molecule has 0 aliphatic carbocycles. The number of halogens is 2. The second-order valence-electron chi connectivity index (χ2n) is 6.89. The Kier molecular flexibility index (Phi) is 5.40. The van der Waals surface area contributed by atoms with Gasteiger partial charge in [0.05, 0.1) is 18.8 Å². The SMILES string of the molecule is CCNC(=O)c1cnc2ccc(N3C[C@@H](F)C[C@@H]3c3cc(F)cc(SC)c3)nn12. The number of benzene rings is 1. The fourth-order valence-corrected chi connectivity index (χ4v) is 4.16. The summed E-state index contributed by atoms with van der Waals surface area (Å²) in [5, 5.41) is 7.28. The molecule has 1 N–H and O–H groups in total. The molecule has 2 atom stereocenters. The van der Waals surface area contributed by atoms with Crippen LogP contribution in [0.15, 0.2) is 41.4 Å². The number of hydrogen-bond acceptors (Lipinski definition) is 5. The number of anilines is 1. The first kappa shape index (κ1) is 19.6. The van der Waals surface area contributed by atoms with Gasteiger partial charge in [0, 0.05) is 17.9 Å². The predicted molar refractivity (Wildman–Crippen MR) is 109 cm³/mol. The molecule has 1 amide bonds. The van der Waals surface area contributed by atoms with Gasteiger partial charge in [-0.1, -0.05) is 0 Å². The van der Waals surface area contributed by atoms with Gasteiger partial charge in [0.15, 0.2) is 11.3 Å². The molecule has 3 heterocycles. The molecule has 1 aromatic carbocycles. The normalized spacial score (nSPS) is 19.1. The van der Waals surface area contributed by atoms with Crippen molar-refractivity contribution in [3.8, 4) is 0 Å². The first-order valence-electron chi connectivity index (χ1n) is 9.38. The van der Waals surface area contributed by atoms with Crippen LogP contribution >= 0.6 is 11.8 Å². The van der Waals surface area contributed by atoms with Crippen molar-refractivity contribution in [3.63, 3.8) is 0 Å². The molecule has 1 saturated heterocycles. The van der Waals surface area contributed by atoms with Gasteiger partial charge in [0.2, 0.25) is 0 Å². The molecule has 0 bridgehead atoms. The number of nitrogens with zero attached hydrogens (tertiary/aromatic N) is 4. The van der Waals surface area contributed by atoms with Crippen molar-refractivity contribution >= 4 is 29.1 Å². The fourth-order valence-electron chi connectivity index (χ4n) is 3.67. The van der Waals surface area contributed by atoms with E-state index in [-0.39, 0.29) is 30.7 Å². The van der Waals surface area contributed by atoms with Crippen molar-refractivity contribution in [1.82, 2.24) is 19.9 Å². The highest BCUT2D eigenvalue weighted by molar-refractivity contribution is 7.98. The van der Waals surface area contributed by atoms with Gasteiger partial charge in [-0.15, -0.1) is 16.9 Å². The summed E-state index contributed by atoms with van der Waals surface area (Å²) in [5.74, 6) is -0.104. The van der Waals surface area contributed by atoms with Crippen molar-refractivity contribution in [3.05, 3.63) is 53.6 Å². The number of fused-ring (bicyclic) bond motifs is 1. The molecule has 1 aliphatic heterocycles. The van der Waals surface area contributed by atoms with E-state index in [0.717, 1.165) is 4.90 Å². The summed E-state index contributed by atoms with van der Waals surface area (Å²) >= 11 is 1.44. The molecule has 0 saturated carbocycles. The molecule has 0 spiro atoms. The average molecular weight is 417 g/mol. The molecule has 29 heavy (non-hydrogen) atoms. The summed E-state index contributed by atoms with van der Waals surface area (Å²) < 4.78 is 29.9. The molecule has 9 heteroatoms. The lowest BCUT2D eigenvalue weighted by molar-refractivity contribution is 0.0949. The molecule has 4 rings (SSSR count). The van der Waals surface area contributed by atoms with Crippen molar-refractivity contribution in [2.24, 2.45) is 0 Å². The number of thioether (sulfide) groups is 1. The Morgan fingerprint density at radius 3 is 2.93 bits per heavy atom. The maximum Gasteiger partial charge on any atom is 0.271 e. The zero-order valence-electron chi connectivity index (χ0n) is 16.1. The lowest BCUT2D eigenvalue weighted by Gasteiger charge is -2.26. The maximum absolute atomic E-state index is 14.4. The Morgan fingerprint density at radius 1 is 1.34 bits per heavy atom. The molecular weight excluding hydrogens is 396 g/mol. The van der Waals surface area contributed by atoms with Gasteiger partial charge < -0.3 is 10.2 Å². The molecule has 152 valence electrons. The molecule has 3 aromatic rings. The summed E-state index contributed by atoms with van der Waals surface area (Å²) in [6.45, 7) is 2.47. The minimum Gasteiger partial charge on any atom is -0.351 e. The van der Waals surface area contributed by atoms with Gasteiger partial charge in [0.25, 0.3) is 5.91 Å². The number of hydrogen-bond donors (Lipinski definition) is 1. The van der Waals surface area contributed by atoms with E-state index in [1.54, 1.807) is 12.1 Å². The van der Waals surface area contributed by atoms with Crippen LogP contribution in [0.4, 0.5) is 14.6 Å². The van der Waals surface area contributed by atoms with E-state index in [1.165, 1.54) is 34.6 Å². The van der Waals surface area contributed by atoms with E-state index in [9.17, 15) is 13.6 Å². The molecule has 6 nitrogen and oxygen atoms in total. The third-order valence-corrected chi connectivity index (χ3v) is 5.68. The van der Waals surface area contributed by atoms with Gasteiger partial charge in [-0.25, -0.2) is 18.3 Å². The number of imidazole rings is 1. The zero-order chi connectivity index (χ0) is 20.5. The topological polar surface area (TPSA) is 62.5 Å². The summed E-state index contributed by atoms with van der Waals surface area (Å²) in [7, 11) is 0. The third kappa shape index (κ3) is 3.78. The largest absolute Gasteiger partial charge is 0.351 e. The van der Waals surface area contributed by atoms with Crippen LogP contribution in [0.25, 0.3) is 5.65 Å². The van der Waals surface area contributed by atoms with Crippen LogP contribution in [0.5, 0.6) is 0 Å². The van der Waals surface area contributed by atoms with E-state index >= 15 is 0 Å². The van der Waals surface area contributed by atoms with Crippen LogP contribution in [0.3, 0.4) is 0 Å². The van der Waals surface area contributed by atoms with E-state index in [1.807, 2.05) is 24.1 Å². The number of aromatic nitrogens is 3.